The highest BCUT2D eigenvalue weighted by Crippen LogP contribution is 2.11. The molecule has 0 fully saturated rings. The van der Waals surface area contributed by atoms with Gasteiger partial charge >= 0.3 is 0 Å². The summed E-state index contributed by atoms with van der Waals surface area (Å²) in [7, 11) is 1.63. The van der Waals surface area contributed by atoms with Gasteiger partial charge in [-0.15, -0.1) is 0 Å². The minimum atomic E-state index is -0.146. The fourth-order valence-corrected chi connectivity index (χ4v) is 1.80. The molecule has 0 aliphatic carbocycles. The molecule has 0 spiro atoms. The van der Waals surface area contributed by atoms with Gasteiger partial charge in [0.15, 0.2) is 0 Å². The van der Waals surface area contributed by atoms with Crippen LogP contribution in [0.3, 0.4) is 0 Å². The number of benzene rings is 1. The van der Waals surface area contributed by atoms with Crippen molar-refractivity contribution < 1.29 is 9.53 Å². The monoisotopic (exact) mass is 271 g/mol. The third kappa shape index (κ3) is 3.71. The summed E-state index contributed by atoms with van der Waals surface area (Å²) in [4.78, 5) is 15.7. The van der Waals surface area contributed by atoms with E-state index in [1.54, 1.807) is 19.2 Å². The summed E-state index contributed by atoms with van der Waals surface area (Å²) in [5.41, 5.74) is 7.20. The fraction of sp³-hybridized carbons (Fsp3) is 0.200. The van der Waals surface area contributed by atoms with Crippen molar-refractivity contribution in [1.82, 2.24) is 10.3 Å². The maximum Gasteiger partial charge on any atom is 0.251 e. The number of aromatic nitrogens is 1. The van der Waals surface area contributed by atoms with E-state index < -0.39 is 0 Å². The lowest BCUT2D eigenvalue weighted by atomic mass is 10.1. The number of pyridine rings is 1. The molecule has 5 nitrogen and oxygen atoms in total. The number of hydrogen-bond donors (Lipinski definition) is 2. The maximum atomic E-state index is 11.9. The Labute approximate surface area is 117 Å². The van der Waals surface area contributed by atoms with Gasteiger partial charge in [0.05, 0.1) is 7.11 Å². The van der Waals surface area contributed by atoms with Crippen LogP contribution in [0.5, 0.6) is 5.75 Å². The van der Waals surface area contributed by atoms with Crippen molar-refractivity contribution in [2.24, 2.45) is 0 Å². The number of nitrogens with one attached hydrogen (secondary N) is 1. The Morgan fingerprint density at radius 3 is 2.70 bits per heavy atom. The summed E-state index contributed by atoms with van der Waals surface area (Å²) < 4.78 is 5.09. The zero-order chi connectivity index (χ0) is 14.4. The second-order valence-corrected chi connectivity index (χ2v) is 4.32. The van der Waals surface area contributed by atoms with Crippen LogP contribution in [0.25, 0.3) is 0 Å². The highest BCUT2D eigenvalue weighted by Gasteiger charge is 2.05. The zero-order valence-electron chi connectivity index (χ0n) is 11.3. The first-order valence-corrected chi connectivity index (χ1v) is 6.31. The second-order valence-electron chi connectivity index (χ2n) is 4.32. The summed E-state index contributed by atoms with van der Waals surface area (Å²) >= 11 is 0. The molecule has 5 heteroatoms. The van der Waals surface area contributed by atoms with Crippen LogP contribution in [0.2, 0.25) is 0 Å². The highest BCUT2D eigenvalue weighted by atomic mass is 16.5. The molecule has 2 rings (SSSR count). The lowest BCUT2D eigenvalue weighted by Gasteiger charge is -2.06. The first-order valence-electron chi connectivity index (χ1n) is 6.31. The van der Waals surface area contributed by atoms with Crippen LogP contribution in [0.1, 0.15) is 15.9 Å². The van der Waals surface area contributed by atoms with Crippen molar-refractivity contribution in [3.63, 3.8) is 0 Å². The summed E-state index contributed by atoms with van der Waals surface area (Å²) in [5, 5.41) is 2.85. The smallest absolute Gasteiger partial charge is 0.251 e. The van der Waals surface area contributed by atoms with Crippen LogP contribution >= 0.6 is 0 Å². The van der Waals surface area contributed by atoms with Gasteiger partial charge in [-0.3, -0.25) is 4.79 Å². The summed E-state index contributed by atoms with van der Waals surface area (Å²) in [5.74, 6) is 1.02. The van der Waals surface area contributed by atoms with Gasteiger partial charge < -0.3 is 15.8 Å². The number of anilines is 1. The molecule has 0 saturated carbocycles. The molecule has 0 atom stereocenters. The van der Waals surface area contributed by atoms with Gasteiger partial charge in [-0.1, -0.05) is 12.1 Å². The number of amides is 1. The molecule has 0 radical (unpaired) electrons. The Morgan fingerprint density at radius 2 is 2.05 bits per heavy atom. The Hall–Kier alpha value is -2.56. The van der Waals surface area contributed by atoms with E-state index in [9.17, 15) is 4.79 Å². The van der Waals surface area contributed by atoms with Gasteiger partial charge in [0, 0.05) is 18.3 Å². The van der Waals surface area contributed by atoms with Gasteiger partial charge in [0.25, 0.3) is 5.91 Å². The Morgan fingerprint density at radius 1 is 1.30 bits per heavy atom. The predicted molar refractivity (Wildman–Crippen MR) is 77.7 cm³/mol. The predicted octanol–water partition coefficient (Wildman–Crippen LogP) is 1.64. The summed E-state index contributed by atoms with van der Waals surface area (Å²) in [6.45, 7) is 0.563. The molecule has 20 heavy (non-hydrogen) atoms. The fourth-order valence-electron chi connectivity index (χ4n) is 1.80. The van der Waals surface area contributed by atoms with Crippen molar-refractivity contribution in [1.29, 1.82) is 0 Å². The molecule has 3 N–H and O–H groups in total. The van der Waals surface area contributed by atoms with Crippen LogP contribution in [0, 0.1) is 0 Å². The molecule has 0 saturated heterocycles. The number of hydrogen-bond acceptors (Lipinski definition) is 4. The van der Waals surface area contributed by atoms with E-state index in [2.05, 4.69) is 10.3 Å². The third-order valence-electron chi connectivity index (χ3n) is 2.90. The Balaban J connectivity index is 1.84. The van der Waals surface area contributed by atoms with Crippen LogP contribution in [-0.4, -0.2) is 24.5 Å². The summed E-state index contributed by atoms with van der Waals surface area (Å²) in [6, 6.07) is 11.0. The average Bonchev–Trinajstić information content (AvgIpc) is 2.48. The first-order chi connectivity index (χ1) is 9.69. The minimum Gasteiger partial charge on any atom is -0.497 e. The lowest BCUT2D eigenvalue weighted by Crippen LogP contribution is -2.25. The van der Waals surface area contributed by atoms with Crippen molar-refractivity contribution in [2.45, 2.75) is 6.42 Å². The van der Waals surface area contributed by atoms with E-state index in [0.29, 0.717) is 17.9 Å². The average molecular weight is 271 g/mol. The number of carbonyl (C=O) groups excluding carboxylic acids is 1. The van der Waals surface area contributed by atoms with E-state index >= 15 is 0 Å². The molecule has 0 aliphatic rings. The second kappa shape index (κ2) is 6.56. The maximum absolute atomic E-state index is 11.9. The van der Waals surface area contributed by atoms with Gasteiger partial charge in [-0.2, -0.15) is 0 Å². The van der Waals surface area contributed by atoms with Crippen LogP contribution in [0.15, 0.2) is 42.6 Å². The number of nitrogens with two attached hydrogens (primary N) is 1. The van der Waals surface area contributed by atoms with Crippen molar-refractivity contribution >= 4 is 11.7 Å². The minimum absolute atomic E-state index is 0.146. The molecular weight excluding hydrogens is 254 g/mol. The molecule has 1 aromatic carbocycles. The van der Waals surface area contributed by atoms with Crippen molar-refractivity contribution in [3.8, 4) is 5.75 Å². The number of ether oxygens (including phenoxy) is 1. The number of rotatable bonds is 5. The molecular formula is C15H17N3O2. The molecule has 0 unspecified atom stereocenters. The Bertz CT molecular complexity index is 582. The van der Waals surface area contributed by atoms with Gasteiger partial charge in [0.1, 0.15) is 11.6 Å². The molecule has 1 aromatic heterocycles. The third-order valence-corrected chi connectivity index (χ3v) is 2.90. The zero-order valence-corrected chi connectivity index (χ0v) is 11.3. The van der Waals surface area contributed by atoms with E-state index in [0.717, 1.165) is 17.7 Å². The van der Waals surface area contributed by atoms with Crippen LogP contribution in [-0.2, 0) is 6.42 Å². The van der Waals surface area contributed by atoms with Gasteiger partial charge in [-0.05, 0) is 36.2 Å². The standard InChI is InChI=1S/C15H17N3O2/c1-20-13-4-2-11(3-5-13)6-8-18-15(19)12-7-9-17-14(16)10-12/h2-5,7,9-10H,6,8H2,1H3,(H2,16,17)(H,18,19). The largest absolute Gasteiger partial charge is 0.497 e. The molecule has 1 amide bonds. The van der Waals surface area contributed by atoms with E-state index in [-0.39, 0.29) is 5.91 Å². The Kier molecular flexibility index (Phi) is 4.55. The van der Waals surface area contributed by atoms with E-state index in [1.165, 1.54) is 6.20 Å². The number of methoxy groups -OCH3 is 1. The number of nitrogens with zero attached hydrogens (tertiary/aromatic N) is 1. The van der Waals surface area contributed by atoms with E-state index in [4.69, 9.17) is 10.5 Å². The topological polar surface area (TPSA) is 77.2 Å². The number of carbonyl (C=O) groups is 1. The van der Waals surface area contributed by atoms with Crippen molar-refractivity contribution in [2.75, 3.05) is 19.4 Å². The molecule has 0 bridgehead atoms. The normalized spacial score (nSPS) is 10.1. The first kappa shape index (κ1) is 13.9. The SMILES string of the molecule is COc1ccc(CCNC(=O)c2ccnc(N)c2)cc1. The molecule has 0 aliphatic heterocycles. The van der Waals surface area contributed by atoms with Crippen molar-refractivity contribution in [3.05, 3.63) is 53.7 Å². The van der Waals surface area contributed by atoms with Crippen LogP contribution in [0.4, 0.5) is 5.82 Å². The van der Waals surface area contributed by atoms with Gasteiger partial charge in [-0.25, -0.2) is 4.98 Å². The lowest BCUT2D eigenvalue weighted by molar-refractivity contribution is 0.0954. The summed E-state index contributed by atoms with van der Waals surface area (Å²) in [6.07, 6.45) is 2.28. The van der Waals surface area contributed by atoms with Gasteiger partial charge in [0.2, 0.25) is 0 Å². The molecule has 2 aromatic rings. The number of nitrogen functional groups attached to an aromatic ring is 1. The quantitative estimate of drug-likeness (QED) is 0.866. The highest BCUT2D eigenvalue weighted by molar-refractivity contribution is 5.94. The molecule has 104 valence electrons. The molecule has 1 heterocycles. The van der Waals surface area contributed by atoms with E-state index in [1.807, 2.05) is 24.3 Å². The van der Waals surface area contributed by atoms with Crippen LogP contribution < -0.4 is 15.8 Å².